The summed E-state index contributed by atoms with van der Waals surface area (Å²) < 4.78 is 5.24. The first-order valence-corrected chi connectivity index (χ1v) is 9.13. The van der Waals surface area contributed by atoms with Gasteiger partial charge < -0.3 is 4.74 Å². The van der Waals surface area contributed by atoms with E-state index in [-0.39, 0.29) is 5.97 Å². The second-order valence-electron chi connectivity index (χ2n) is 6.17. The van der Waals surface area contributed by atoms with Crippen molar-refractivity contribution in [3.05, 3.63) is 12.2 Å². The summed E-state index contributed by atoms with van der Waals surface area (Å²) in [5.41, 5.74) is 0.187. The molecule has 0 aliphatic carbocycles. The van der Waals surface area contributed by atoms with Gasteiger partial charge in [-0.3, -0.25) is 0 Å². The van der Waals surface area contributed by atoms with Gasteiger partial charge in [0, 0.05) is 13.6 Å². The lowest BCUT2D eigenvalue weighted by molar-refractivity contribution is -0.149. The monoisotopic (exact) mass is 228 g/mol. The zero-order valence-corrected chi connectivity index (χ0v) is 11.9. The summed E-state index contributed by atoms with van der Waals surface area (Å²) in [6, 6.07) is 1.09. The lowest BCUT2D eigenvalue weighted by atomic mass is 10.2. The highest BCUT2D eigenvalue weighted by atomic mass is 28.3. The number of ether oxygens (including phenoxy) is 1. The maximum atomic E-state index is 11.6. The highest BCUT2D eigenvalue weighted by molar-refractivity contribution is 6.76. The SMILES string of the molecule is C=C(CC[Si](C)(C)C)C(=O)OC(C)(C)C. The molecule has 0 N–H and O–H groups in total. The third kappa shape index (κ3) is 8.42. The molecule has 0 saturated carbocycles. The number of hydrogen-bond donors (Lipinski definition) is 0. The fraction of sp³-hybridized carbons (Fsp3) is 0.750. The first-order valence-electron chi connectivity index (χ1n) is 5.42. The lowest BCUT2D eigenvalue weighted by Crippen LogP contribution is -2.26. The topological polar surface area (TPSA) is 26.3 Å². The minimum Gasteiger partial charge on any atom is -0.457 e. The molecule has 0 aliphatic rings. The molecule has 0 aromatic rings. The third-order valence-corrected chi connectivity index (χ3v) is 3.61. The van der Waals surface area contributed by atoms with Crippen LogP contribution in [0.1, 0.15) is 27.2 Å². The Hall–Kier alpha value is -0.573. The second kappa shape index (κ2) is 4.97. The molecule has 0 fully saturated rings. The van der Waals surface area contributed by atoms with Gasteiger partial charge in [-0.15, -0.1) is 0 Å². The van der Waals surface area contributed by atoms with Gasteiger partial charge in [-0.2, -0.15) is 0 Å². The van der Waals surface area contributed by atoms with E-state index in [1.807, 2.05) is 20.8 Å². The van der Waals surface area contributed by atoms with Crippen LogP contribution in [0.15, 0.2) is 12.2 Å². The molecule has 2 nitrogen and oxygen atoms in total. The van der Waals surface area contributed by atoms with Crippen molar-refractivity contribution in [2.45, 2.75) is 58.5 Å². The van der Waals surface area contributed by atoms with Gasteiger partial charge >= 0.3 is 5.97 Å². The molecule has 0 saturated heterocycles. The number of esters is 1. The molecule has 0 radical (unpaired) electrons. The Morgan fingerprint density at radius 1 is 1.27 bits per heavy atom. The van der Waals surface area contributed by atoms with Crippen molar-refractivity contribution in [2.24, 2.45) is 0 Å². The Balaban J connectivity index is 4.08. The van der Waals surface area contributed by atoms with Crippen LogP contribution in [0.5, 0.6) is 0 Å². The third-order valence-electron chi connectivity index (χ3n) is 1.86. The fourth-order valence-electron chi connectivity index (χ4n) is 0.978. The van der Waals surface area contributed by atoms with Crippen LogP contribution in [-0.2, 0) is 9.53 Å². The summed E-state index contributed by atoms with van der Waals surface area (Å²) in [6.45, 7) is 16.3. The summed E-state index contributed by atoms with van der Waals surface area (Å²) in [4.78, 5) is 11.6. The van der Waals surface area contributed by atoms with Gasteiger partial charge in [-0.1, -0.05) is 32.3 Å². The van der Waals surface area contributed by atoms with Crippen LogP contribution in [0.4, 0.5) is 0 Å². The van der Waals surface area contributed by atoms with E-state index in [1.165, 1.54) is 0 Å². The molecule has 0 unspecified atom stereocenters. The Morgan fingerprint density at radius 3 is 2.07 bits per heavy atom. The number of carbonyl (C=O) groups is 1. The van der Waals surface area contributed by atoms with Gasteiger partial charge in [0.2, 0.25) is 0 Å². The molecule has 0 bridgehead atoms. The van der Waals surface area contributed by atoms with Crippen molar-refractivity contribution in [3.8, 4) is 0 Å². The Kier molecular flexibility index (Phi) is 4.78. The molecule has 0 aromatic heterocycles. The zero-order chi connectivity index (χ0) is 12.3. The molecule has 0 aliphatic heterocycles. The average Bonchev–Trinajstić information content (AvgIpc) is 1.95. The maximum absolute atomic E-state index is 11.6. The Labute approximate surface area is 94.7 Å². The molecule has 0 aromatic carbocycles. The van der Waals surface area contributed by atoms with E-state index in [4.69, 9.17) is 4.74 Å². The predicted molar refractivity (Wildman–Crippen MR) is 67.8 cm³/mol. The number of rotatable bonds is 4. The summed E-state index contributed by atoms with van der Waals surface area (Å²) in [6.07, 6.45) is 0.768. The van der Waals surface area contributed by atoms with Crippen LogP contribution < -0.4 is 0 Å². The summed E-state index contributed by atoms with van der Waals surface area (Å²) in [5, 5.41) is 0. The van der Waals surface area contributed by atoms with Crippen LogP contribution >= 0.6 is 0 Å². The van der Waals surface area contributed by atoms with Crippen molar-refractivity contribution < 1.29 is 9.53 Å². The molecule has 88 valence electrons. The van der Waals surface area contributed by atoms with Crippen LogP contribution in [0.25, 0.3) is 0 Å². The Morgan fingerprint density at radius 2 is 1.73 bits per heavy atom. The zero-order valence-electron chi connectivity index (χ0n) is 10.9. The quantitative estimate of drug-likeness (QED) is 0.417. The minimum atomic E-state index is -1.09. The van der Waals surface area contributed by atoms with Gasteiger partial charge in [0.1, 0.15) is 5.60 Å². The van der Waals surface area contributed by atoms with Crippen LogP contribution in [0, 0.1) is 0 Å². The van der Waals surface area contributed by atoms with E-state index in [2.05, 4.69) is 26.2 Å². The van der Waals surface area contributed by atoms with E-state index >= 15 is 0 Å². The maximum Gasteiger partial charge on any atom is 0.333 e. The largest absolute Gasteiger partial charge is 0.457 e. The van der Waals surface area contributed by atoms with Crippen molar-refractivity contribution in [1.29, 1.82) is 0 Å². The van der Waals surface area contributed by atoms with E-state index < -0.39 is 13.7 Å². The molecule has 0 atom stereocenters. The van der Waals surface area contributed by atoms with E-state index in [0.29, 0.717) is 5.57 Å². The number of carbonyl (C=O) groups excluding carboxylic acids is 1. The fourth-order valence-corrected chi connectivity index (χ4v) is 2.03. The van der Waals surface area contributed by atoms with Gasteiger partial charge in [0.15, 0.2) is 0 Å². The minimum absolute atomic E-state index is 0.249. The average molecular weight is 228 g/mol. The highest BCUT2D eigenvalue weighted by Gasteiger charge is 2.20. The first-order chi connectivity index (χ1) is 6.51. The van der Waals surface area contributed by atoms with Crippen LogP contribution in [0.3, 0.4) is 0 Å². The van der Waals surface area contributed by atoms with E-state index in [0.717, 1.165) is 12.5 Å². The van der Waals surface area contributed by atoms with Crippen LogP contribution in [0.2, 0.25) is 25.7 Å². The van der Waals surface area contributed by atoms with Gasteiger partial charge in [0.05, 0.1) is 0 Å². The Bertz CT molecular complexity index is 243. The van der Waals surface area contributed by atoms with Crippen LogP contribution in [-0.4, -0.2) is 19.6 Å². The number of hydrogen-bond acceptors (Lipinski definition) is 2. The molecule has 3 heteroatoms. The van der Waals surface area contributed by atoms with Gasteiger partial charge in [-0.05, 0) is 27.2 Å². The first kappa shape index (κ1) is 14.4. The second-order valence-corrected chi connectivity index (χ2v) is 11.8. The summed E-state index contributed by atoms with van der Waals surface area (Å²) in [5.74, 6) is -0.249. The highest BCUT2D eigenvalue weighted by Crippen LogP contribution is 2.18. The van der Waals surface area contributed by atoms with Gasteiger partial charge in [0.25, 0.3) is 0 Å². The van der Waals surface area contributed by atoms with E-state index in [9.17, 15) is 4.79 Å². The molecule has 0 rings (SSSR count). The van der Waals surface area contributed by atoms with Gasteiger partial charge in [-0.25, -0.2) is 4.79 Å². The smallest absolute Gasteiger partial charge is 0.333 e. The van der Waals surface area contributed by atoms with E-state index in [1.54, 1.807) is 0 Å². The normalized spacial score (nSPS) is 12.4. The molecule has 0 amide bonds. The molecule has 0 spiro atoms. The van der Waals surface area contributed by atoms with Crippen molar-refractivity contribution in [3.63, 3.8) is 0 Å². The summed E-state index contributed by atoms with van der Waals surface area (Å²) >= 11 is 0. The van der Waals surface area contributed by atoms with Crippen molar-refractivity contribution >= 4 is 14.0 Å². The predicted octanol–water partition coefficient (Wildman–Crippen LogP) is 3.61. The molecule has 0 heterocycles. The standard InChI is InChI=1S/C12H24O2Si/c1-10(8-9-15(5,6)7)11(13)14-12(2,3)4/h1,8-9H2,2-7H3. The lowest BCUT2D eigenvalue weighted by Gasteiger charge is -2.21. The van der Waals surface area contributed by atoms with Crippen molar-refractivity contribution in [1.82, 2.24) is 0 Å². The molecule has 15 heavy (non-hydrogen) atoms. The summed E-state index contributed by atoms with van der Waals surface area (Å²) in [7, 11) is -1.09. The molecular formula is C12H24O2Si. The molecular weight excluding hydrogens is 204 g/mol. The van der Waals surface area contributed by atoms with Crippen molar-refractivity contribution in [2.75, 3.05) is 0 Å².